The molecule has 3 aromatic rings. The van der Waals surface area contributed by atoms with Gasteiger partial charge in [0.15, 0.2) is 5.78 Å². The van der Waals surface area contributed by atoms with E-state index in [1.807, 2.05) is 52.9 Å². The summed E-state index contributed by atoms with van der Waals surface area (Å²) in [5.74, 6) is 0.587. The fraction of sp³-hybridized carbons (Fsp3) is 0.111. The molecule has 5 heteroatoms. The molecular weight excluding hydrogens is 405 g/mol. The number of carbonyl (C=O) groups is 1. The number of ketones is 1. The molecule has 0 fully saturated rings. The van der Waals surface area contributed by atoms with Crippen LogP contribution in [0.25, 0.3) is 10.9 Å². The molecule has 4 nitrogen and oxygen atoms in total. The van der Waals surface area contributed by atoms with Crippen LogP contribution in [0, 0.1) is 0 Å². The molecule has 1 aromatic heterocycles. The topological polar surface area (TPSA) is 59.2 Å². The van der Waals surface area contributed by atoms with Crippen molar-refractivity contribution in [2.75, 3.05) is 4.43 Å². The first-order chi connectivity index (χ1) is 11.2. The Kier molecular flexibility index (Phi) is 4.76. The number of halogens is 1. The highest BCUT2D eigenvalue weighted by atomic mass is 127. The van der Waals surface area contributed by atoms with Crippen molar-refractivity contribution in [3.63, 3.8) is 0 Å². The Balaban J connectivity index is 2.02. The molecule has 0 saturated carbocycles. The maximum absolute atomic E-state index is 12.1. The molecule has 3 rings (SSSR count). The van der Waals surface area contributed by atoms with Crippen LogP contribution in [0.3, 0.4) is 0 Å². The third-order valence-corrected chi connectivity index (χ3v) is 4.21. The lowest BCUT2D eigenvalue weighted by molar-refractivity contribution is 0.102. The lowest BCUT2D eigenvalue weighted by atomic mass is 10.0. The zero-order valence-electron chi connectivity index (χ0n) is 12.2. The molecule has 0 saturated heterocycles. The zero-order chi connectivity index (χ0) is 16.2. The number of ether oxygens (including phenoxy) is 1. The second-order valence-electron chi connectivity index (χ2n) is 5.05. The molecule has 1 N–H and O–H groups in total. The van der Waals surface area contributed by atoms with Gasteiger partial charge in [-0.25, -0.2) is 0 Å². The van der Waals surface area contributed by atoms with Crippen LogP contribution in [0.2, 0.25) is 0 Å². The molecular formula is C18H14INO3. The number of aromatic nitrogens is 1. The number of Topliss-reactive ketones (excluding diaryl/α,β-unsaturated/α-hetero) is 1. The lowest BCUT2D eigenvalue weighted by Crippen LogP contribution is -2.08. The summed E-state index contributed by atoms with van der Waals surface area (Å²) in [4.78, 5) is 26.5. The van der Waals surface area contributed by atoms with Gasteiger partial charge in [-0.1, -0.05) is 52.9 Å². The number of fused-ring (bicyclic) bond motifs is 1. The van der Waals surface area contributed by atoms with Crippen molar-refractivity contribution >= 4 is 39.3 Å². The van der Waals surface area contributed by atoms with E-state index < -0.39 is 0 Å². The van der Waals surface area contributed by atoms with Crippen LogP contribution in [0.1, 0.15) is 15.9 Å². The number of carbonyl (C=O) groups excluding carboxylic acids is 1. The average Bonchev–Trinajstić information content (AvgIpc) is 2.59. The summed E-state index contributed by atoms with van der Waals surface area (Å²) >= 11 is 2.04. The van der Waals surface area contributed by atoms with Crippen LogP contribution in [0.15, 0.2) is 59.4 Å². The van der Waals surface area contributed by atoms with Gasteiger partial charge in [0.2, 0.25) is 5.56 Å². The van der Waals surface area contributed by atoms with Gasteiger partial charge >= 0.3 is 0 Å². The van der Waals surface area contributed by atoms with E-state index in [0.29, 0.717) is 33.3 Å². The van der Waals surface area contributed by atoms with Crippen LogP contribution in [0.5, 0.6) is 5.75 Å². The number of nitrogens with one attached hydrogen (secondary N) is 1. The quantitative estimate of drug-likeness (QED) is 0.390. The molecule has 0 aliphatic heterocycles. The minimum absolute atomic E-state index is 0.0252. The van der Waals surface area contributed by atoms with Crippen molar-refractivity contribution < 1.29 is 9.53 Å². The molecule has 0 amide bonds. The second-order valence-corrected chi connectivity index (χ2v) is 5.82. The number of hydrogen-bond acceptors (Lipinski definition) is 3. The molecule has 0 atom stereocenters. The second kappa shape index (κ2) is 6.95. The molecule has 0 bridgehead atoms. The van der Waals surface area contributed by atoms with Gasteiger partial charge in [-0.3, -0.25) is 9.59 Å². The van der Waals surface area contributed by atoms with Crippen molar-refractivity contribution in [3.8, 4) is 5.75 Å². The van der Waals surface area contributed by atoms with Gasteiger partial charge in [-0.15, -0.1) is 0 Å². The number of alkyl halides is 1. The van der Waals surface area contributed by atoms with Gasteiger partial charge in [-0.05, 0) is 23.8 Å². The smallest absolute Gasteiger partial charge is 0.248 e. The van der Waals surface area contributed by atoms with Crippen molar-refractivity contribution in [1.82, 2.24) is 4.98 Å². The number of H-pyrrole nitrogens is 1. The van der Waals surface area contributed by atoms with Gasteiger partial charge < -0.3 is 9.72 Å². The molecule has 116 valence electrons. The van der Waals surface area contributed by atoms with Gasteiger partial charge in [0.05, 0.1) is 9.94 Å². The van der Waals surface area contributed by atoms with E-state index in [4.69, 9.17) is 4.74 Å². The molecule has 0 aliphatic carbocycles. The van der Waals surface area contributed by atoms with Crippen molar-refractivity contribution in [1.29, 1.82) is 0 Å². The normalized spacial score (nSPS) is 10.7. The zero-order valence-corrected chi connectivity index (χ0v) is 14.4. The van der Waals surface area contributed by atoms with E-state index in [1.165, 1.54) is 6.07 Å². The predicted octanol–water partition coefficient (Wildman–Crippen LogP) is 3.72. The number of aromatic amines is 1. The van der Waals surface area contributed by atoms with E-state index in [1.54, 1.807) is 18.2 Å². The number of rotatable bonds is 5. The maximum atomic E-state index is 12.1. The van der Waals surface area contributed by atoms with Gasteiger partial charge in [0.1, 0.15) is 12.4 Å². The Morgan fingerprint density at radius 3 is 2.57 bits per heavy atom. The first kappa shape index (κ1) is 15.7. The van der Waals surface area contributed by atoms with Crippen LogP contribution in [0.4, 0.5) is 0 Å². The van der Waals surface area contributed by atoms with E-state index in [-0.39, 0.29) is 11.3 Å². The van der Waals surface area contributed by atoms with Crippen LogP contribution < -0.4 is 10.3 Å². The standard InChI is InChI=1S/C18H14INO3/c19-10-15(21)13-6-8-16(18-14(13)7-9-17(22)20-18)23-11-12-4-2-1-3-5-12/h1-9H,10-11H2,(H,20,22). The number of pyridine rings is 1. The summed E-state index contributed by atoms with van der Waals surface area (Å²) < 4.78 is 6.23. The Morgan fingerprint density at radius 1 is 1.04 bits per heavy atom. The van der Waals surface area contributed by atoms with Gasteiger partial charge in [-0.2, -0.15) is 0 Å². The average molecular weight is 419 g/mol. The first-order valence-corrected chi connectivity index (χ1v) is 8.63. The highest BCUT2D eigenvalue weighted by molar-refractivity contribution is 14.1. The van der Waals surface area contributed by atoms with E-state index in [0.717, 1.165) is 5.56 Å². The van der Waals surface area contributed by atoms with Gasteiger partial charge in [0.25, 0.3) is 0 Å². The van der Waals surface area contributed by atoms with E-state index in [9.17, 15) is 9.59 Å². The lowest BCUT2D eigenvalue weighted by Gasteiger charge is -2.11. The fourth-order valence-corrected chi connectivity index (χ4v) is 2.81. The van der Waals surface area contributed by atoms with Gasteiger partial charge in [0, 0.05) is 17.0 Å². The summed E-state index contributed by atoms with van der Waals surface area (Å²) in [6, 6.07) is 16.4. The molecule has 0 aliphatic rings. The molecule has 0 unspecified atom stereocenters. The van der Waals surface area contributed by atoms with Crippen molar-refractivity contribution in [2.45, 2.75) is 6.61 Å². The largest absolute Gasteiger partial charge is 0.487 e. The van der Waals surface area contributed by atoms with Crippen molar-refractivity contribution in [3.05, 3.63) is 76.1 Å². The molecule has 0 spiro atoms. The first-order valence-electron chi connectivity index (χ1n) is 7.11. The number of hydrogen-bond donors (Lipinski definition) is 1. The molecule has 23 heavy (non-hydrogen) atoms. The Morgan fingerprint density at radius 2 is 1.83 bits per heavy atom. The summed E-state index contributed by atoms with van der Waals surface area (Å²) in [6.45, 7) is 0.395. The molecule has 1 heterocycles. The van der Waals surface area contributed by atoms with Crippen LogP contribution in [-0.2, 0) is 6.61 Å². The minimum atomic E-state index is -0.221. The fourth-order valence-electron chi connectivity index (χ4n) is 2.40. The van der Waals surface area contributed by atoms with E-state index in [2.05, 4.69) is 4.98 Å². The highest BCUT2D eigenvalue weighted by Gasteiger charge is 2.13. The summed E-state index contributed by atoms with van der Waals surface area (Å²) in [6.07, 6.45) is 0. The van der Waals surface area contributed by atoms with Crippen molar-refractivity contribution in [2.24, 2.45) is 0 Å². The third kappa shape index (κ3) is 3.44. The van der Waals surface area contributed by atoms with E-state index >= 15 is 0 Å². The van der Waals surface area contributed by atoms with Crippen LogP contribution in [-0.4, -0.2) is 15.2 Å². The SMILES string of the molecule is O=C(CI)c1ccc(OCc2ccccc2)c2[nH]c(=O)ccc12. The Bertz CT molecular complexity index is 903. The predicted molar refractivity (Wildman–Crippen MR) is 98.6 cm³/mol. The maximum Gasteiger partial charge on any atom is 0.248 e. The Labute approximate surface area is 146 Å². The number of benzene rings is 2. The highest BCUT2D eigenvalue weighted by Crippen LogP contribution is 2.27. The molecule has 0 radical (unpaired) electrons. The van der Waals surface area contributed by atoms with Crippen LogP contribution >= 0.6 is 22.6 Å². The Hall–Kier alpha value is -2.15. The monoisotopic (exact) mass is 419 g/mol. The minimum Gasteiger partial charge on any atom is -0.487 e. The summed E-state index contributed by atoms with van der Waals surface area (Å²) in [5.41, 5.74) is 1.97. The summed E-state index contributed by atoms with van der Waals surface area (Å²) in [7, 11) is 0. The summed E-state index contributed by atoms with van der Waals surface area (Å²) in [5, 5.41) is 0.705. The third-order valence-electron chi connectivity index (χ3n) is 3.52. The molecule has 2 aromatic carbocycles.